The molecule has 0 aromatic rings. The van der Waals surface area contributed by atoms with Crippen LogP contribution in [0.3, 0.4) is 0 Å². The molecule has 1 unspecified atom stereocenters. The molecular formula is C19H30NO8+. The number of quaternary nitrogens is 1. The van der Waals surface area contributed by atoms with Crippen LogP contribution in [0, 0.1) is 12.3 Å². The van der Waals surface area contributed by atoms with Gasteiger partial charge in [-0.25, -0.2) is 0 Å². The summed E-state index contributed by atoms with van der Waals surface area (Å²) in [5.41, 5.74) is 0. The molecule has 0 N–H and O–H groups in total. The van der Waals surface area contributed by atoms with Crippen molar-refractivity contribution in [2.45, 2.75) is 58.4 Å². The molecule has 1 aliphatic rings. The molecule has 0 spiro atoms. The van der Waals surface area contributed by atoms with E-state index >= 15 is 0 Å². The van der Waals surface area contributed by atoms with Crippen LogP contribution in [0.2, 0.25) is 0 Å². The van der Waals surface area contributed by atoms with E-state index in [1.165, 1.54) is 20.8 Å². The van der Waals surface area contributed by atoms with E-state index in [4.69, 9.17) is 30.1 Å². The SMILES string of the molecule is C#CC[N+](C)(C)CCOC1O[C@@H](C)[C@H](OC(C)=O)[C@@H](OC(C)=O)[C@H]1OC(C)=O. The van der Waals surface area contributed by atoms with Crippen LogP contribution in [0.15, 0.2) is 0 Å². The first-order valence-electron chi connectivity index (χ1n) is 9.01. The largest absolute Gasteiger partial charge is 0.456 e. The summed E-state index contributed by atoms with van der Waals surface area (Å²) in [6.45, 7) is 6.67. The number of hydrogen-bond acceptors (Lipinski definition) is 8. The van der Waals surface area contributed by atoms with Gasteiger partial charge < -0.3 is 28.2 Å². The van der Waals surface area contributed by atoms with E-state index in [9.17, 15) is 14.4 Å². The number of hydrogen-bond donors (Lipinski definition) is 0. The summed E-state index contributed by atoms with van der Waals surface area (Å²) in [6, 6.07) is 0. The van der Waals surface area contributed by atoms with Gasteiger partial charge in [0.05, 0.1) is 26.8 Å². The van der Waals surface area contributed by atoms with E-state index in [2.05, 4.69) is 5.92 Å². The van der Waals surface area contributed by atoms with Crippen LogP contribution in [0.5, 0.6) is 0 Å². The van der Waals surface area contributed by atoms with Crippen molar-refractivity contribution in [1.29, 1.82) is 0 Å². The molecule has 1 aliphatic heterocycles. The van der Waals surface area contributed by atoms with Gasteiger partial charge in [0.25, 0.3) is 0 Å². The summed E-state index contributed by atoms with van der Waals surface area (Å²) in [5.74, 6) is 0.800. The Morgan fingerprint density at radius 2 is 1.46 bits per heavy atom. The highest BCUT2D eigenvalue weighted by Crippen LogP contribution is 2.29. The number of carbonyl (C=O) groups excluding carboxylic acids is 3. The van der Waals surface area contributed by atoms with Crippen molar-refractivity contribution in [1.82, 2.24) is 0 Å². The van der Waals surface area contributed by atoms with Crippen molar-refractivity contribution >= 4 is 17.9 Å². The van der Waals surface area contributed by atoms with Crippen LogP contribution in [0.4, 0.5) is 0 Å². The fraction of sp³-hybridized carbons (Fsp3) is 0.737. The monoisotopic (exact) mass is 400 g/mol. The standard InChI is InChI=1S/C19H30NO8/c1-8-9-20(6,7)10-11-24-19-18(28-15(5)23)17(27-14(4)22)16(12(2)25-19)26-13(3)21/h1,12,16-19H,9-11H2,2-7H3/q+1/t12-,16-,17+,18+,19?/m0/s1. The third kappa shape index (κ3) is 7.46. The predicted octanol–water partition coefficient (Wildman–Crippen LogP) is 0.253. The first kappa shape index (κ1) is 23.9. The Hall–Kier alpha value is -2.15. The Morgan fingerprint density at radius 3 is 1.96 bits per heavy atom. The summed E-state index contributed by atoms with van der Waals surface area (Å²) in [5, 5.41) is 0. The van der Waals surface area contributed by atoms with E-state index < -0.39 is 48.6 Å². The Morgan fingerprint density at radius 1 is 0.964 bits per heavy atom. The number of rotatable bonds is 8. The van der Waals surface area contributed by atoms with Gasteiger partial charge in [0.1, 0.15) is 13.1 Å². The van der Waals surface area contributed by atoms with E-state index in [0.717, 1.165) is 0 Å². The number of nitrogens with zero attached hydrogens (tertiary/aromatic N) is 1. The molecule has 9 nitrogen and oxygen atoms in total. The molecule has 1 heterocycles. The third-order valence-electron chi connectivity index (χ3n) is 4.13. The van der Waals surface area contributed by atoms with Gasteiger partial charge in [0, 0.05) is 20.8 Å². The number of ether oxygens (including phenoxy) is 5. The lowest BCUT2D eigenvalue weighted by Gasteiger charge is -2.43. The first-order chi connectivity index (χ1) is 13.0. The van der Waals surface area contributed by atoms with Gasteiger partial charge in [0.2, 0.25) is 0 Å². The first-order valence-corrected chi connectivity index (χ1v) is 9.01. The molecule has 0 aromatic carbocycles. The lowest BCUT2D eigenvalue weighted by atomic mass is 9.99. The van der Waals surface area contributed by atoms with Crippen molar-refractivity contribution < 1.29 is 42.6 Å². The molecule has 0 aliphatic carbocycles. The van der Waals surface area contributed by atoms with E-state index in [1.54, 1.807) is 6.92 Å². The zero-order valence-corrected chi connectivity index (χ0v) is 17.3. The topological polar surface area (TPSA) is 97.4 Å². The zero-order chi connectivity index (χ0) is 21.5. The molecule has 1 fully saturated rings. The van der Waals surface area contributed by atoms with Crippen LogP contribution in [-0.2, 0) is 38.1 Å². The van der Waals surface area contributed by atoms with Crippen LogP contribution >= 0.6 is 0 Å². The number of terminal acetylenes is 1. The fourth-order valence-corrected chi connectivity index (χ4v) is 2.85. The Labute approximate surface area is 165 Å². The van der Waals surface area contributed by atoms with Gasteiger partial charge in [-0.05, 0) is 12.8 Å². The molecule has 0 amide bonds. The minimum absolute atomic E-state index is 0.259. The summed E-state index contributed by atoms with van der Waals surface area (Å²) < 4.78 is 28.0. The molecule has 158 valence electrons. The fourth-order valence-electron chi connectivity index (χ4n) is 2.85. The minimum atomic E-state index is -1.09. The second-order valence-electron chi connectivity index (χ2n) is 7.32. The lowest BCUT2D eigenvalue weighted by Crippen LogP contribution is -2.61. The van der Waals surface area contributed by atoms with Crippen molar-refractivity contribution in [2.24, 2.45) is 0 Å². The summed E-state index contributed by atoms with van der Waals surface area (Å²) in [6.07, 6.45) is 0.611. The summed E-state index contributed by atoms with van der Waals surface area (Å²) >= 11 is 0. The lowest BCUT2D eigenvalue weighted by molar-refractivity contribution is -0.883. The summed E-state index contributed by atoms with van der Waals surface area (Å²) in [4.78, 5) is 34.7. The number of esters is 3. The highest BCUT2D eigenvalue weighted by Gasteiger charge is 2.51. The molecular weight excluding hydrogens is 370 g/mol. The maximum Gasteiger partial charge on any atom is 0.303 e. The third-order valence-corrected chi connectivity index (χ3v) is 4.13. The van der Waals surface area contributed by atoms with Gasteiger partial charge in [-0.3, -0.25) is 14.4 Å². The van der Waals surface area contributed by atoms with E-state index in [1.807, 2.05) is 14.1 Å². The smallest absolute Gasteiger partial charge is 0.303 e. The van der Waals surface area contributed by atoms with Gasteiger partial charge in [-0.1, -0.05) is 0 Å². The van der Waals surface area contributed by atoms with Crippen LogP contribution in [0.25, 0.3) is 0 Å². The average molecular weight is 400 g/mol. The van der Waals surface area contributed by atoms with Crippen molar-refractivity contribution in [3.8, 4) is 12.3 Å². The molecule has 28 heavy (non-hydrogen) atoms. The zero-order valence-electron chi connectivity index (χ0n) is 17.3. The van der Waals surface area contributed by atoms with Crippen molar-refractivity contribution in [3.05, 3.63) is 0 Å². The van der Waals surface area contributed by atoms with Gasteiger partial charge in [-0.2, -0.15) is 0 Å². The highest BCUT2D eigenvalue weighted by molar-refractivity contribution is 5.68. The van der Waals surface area contributed by atoms with Gasteiger partial charge in [-0.15, -0.1) is 6.42 Å². The molecule has 9 heteroatoms. The van der Waals surface area contributed by atoms with E-state index in [-0.39, 0.29) is 6.61 Å². The maximum absolute atomic E-state index is 11.6. The van der Waals surface area contributed by atoms with Gasteiger partial charge in [0.15, 0.2) is 24.6 Å². The molecule has 0 saturated carbocycles. The van der Waals surface area contributed by atoms with Crippen LogP contribution in [-0.4, -0.2) is 86.9 Å². The van der Waals surface area contributed by atoms with Crippen LogP contribution < -0.4 is 0 Å². The molecule has 1 rings (SSSR count). The minimum Gasteiger partial charge on any atom is -0.456 e. The average Bonchev–Trinajstić information content (AvgIpc) is 2.53. The van der Waals surface area contributed by atoms with Crippen molar-refractivity contribution in [2.75, 3.05) is 33.8 Å². The molecule has 0 radical (unpaired) electrons. The Kier molecular flexibility index (Phi) is 8.88. The predicted molar refractivity (Wildman–Crippen MR) is 97.6 cm³/mol. The van der Waals surface area contributed by atoms with Crippen LogP contribution in [0.1, 0.15) is 27.7 Å². The highest BCUT2D eigenvalue weighted by atomic mass is 16.7. The number of carbonyl (C=O) groups is 3. The molecule has 1 saturated heterocycles. The molecule has 0 aromatic heterocycles. The number of likely N-dealkylation sites (N-methyl/N-ethyl adjacent to an activating group) is 1. The van der Waals surface area contributed by atoms with Gasteiger partial charge >= 0.3 is 17.9 Å². The van der Waals surface area contributed by atoms with E-state index in [0.29, 0.717) is 17.6 Å². The molecule has 5 atom stereocenters. The van der Waals surface area contributed by atoms with Crippen molar-refractivity contribution in [3.63, 3.8) is 0 Å². The quantitative estimate of drug-likeness (QED) is 0.248. The summed E-state index contributed by atoms with van der Waals surface area (Å²) in [7, 11) is 3.91. The Bertz CT molecular complexity index is 612. The second kappa shape index (κ2) is 10.4. The molecule has 0 bridgehead atoms. The Balaban J connectivity index is 3.01. The maximum atomic E-state index is 11.6. The second-order valence-corrected chi connectivity index (χ2v) is 7.32. The normalized spacial score (nSPS) is 27.4.